The number of likely N-dealkylation sites (N-methyl/N-ethyl adjacent to an activating group) is 1. The molecule has 2 heterocycles. The number of benzene rings is 2. The van der Waals surface area contributed by atoms with Crippen LogP contribution in [-0.2, 0) is 19.4 Å². The van der Waals surface area contributed by atoms with Crippen molar-refractivity contribution < 1.29 is 0 Å². The van der Waals surface area contributed by atoms with Gasteiger partial charge in [-0.1, -0.05) is 49.4 Å². The Morgan fingerprint density at radius 3 is 2.65 bits per heavy atom. The van der Waals surface area contributed by atoms with Gasteiger partial charge >= 0.3 is 0 Å². The molecule has 0 aliphatic carbocycles. The number of hydrogen-bond donors (Lipinski definition) is 0. The first-order valence-corrected chi connectivity index (χ1v) is 8.56. The van der Waals surface area contributed by atoms with Gasteiger partial charge in [0.2, 0.25) is 0 Å². The van der Waals surface area contributed by atoms with E-state index in [1.54, 1.807) is 0 Å². The summed E-state index contributed by atoms with van der Waals surface area (Å²) in [6.45, 7) is 4.36. The van der Waals surface area contributed by atoms with Gasteiger partial charge in [0.05, 0.1) is 11.2 Å². The number of rotatable bonds is 4. The lowest BCUT2D eigenvalue weighted by atomic mass is 9.99. The fraction of sp³-hybridized carbons (Fsp3) is 0.333. The predicted octanol–water partition coefficient (Wildman–Crippen LogP) is 4.34. The number of fused-ring (bicyclic) bond motifs is 5. The highest BCUT2D eigenvalue weighted by Gasteiger charge is 2.26. The first-order chi connectivity index (χ1) is 11.2. The summed E-state index contributed by atoms with van der Waals surface area (Å²) in [5.74, 6) is 0. The normalized spacial score (nSPS) is 12.9. The molecule has 1 aromatic heterocycles. The summed E-state index contributed by atoms with van der Waals surface area (Å²) in [7, 11) is 4.31. The van der Waals surface area contributed by atoms with E-state index >= 15 is 0 Å². The zero-order valence-electron chi connectivity index (χ0n) is 14.3. The fourth-order valence-corrected chi connectivity index (χ4v) is 3.96. The molecule has 0 amide bonds. The number of hydrogen-bond acceptors (Lipinski definition) is 1. The molecule has 0 unspecified atom stereocenters. The van der Waals surface area contributed by atoms with E-state index in [0.29, 0.717) is 0 Å². The molecule has 0 fully saturated rings. The van der Waals surface area contributed by atoms with E-state index in [4.69, 9.17) is 0 Å². The maximum atomic E-state index is 2.56. The Labute approximate surface area is 138 Å². The third-order valence-electron chi connectivity index (χ3n) is 5.06. The van der Waals surface area contributed by atoms with Gasteiger partial charge in [-0.2, -0.15) is 0 Å². The summed E-state index contributed by atoms with van der Waals surface area (Å²) in [4.78, 5) is 2.28. The van der Waals surface area contributed by atoms with E-state index < -0.39 is 0 Å². The van der Waals surface area contributed by atoms with Gasteiger partial charge in [0.1, 0.15) is 0 Å². The summed E-state index contributed by atoms with van der Waals surface area (Å²) >= 11 is 0. The third kappa shape index (κ3) is 2.21. The van der Waals surface area contributed by atoms with Crippen molar-refractivity contribution in [2.75, 3.05) is 20.6 Å². The quantitative estimate of drug-likeness (QED) is 0.544. The zero-order valence-corrected chi connectivity index (χ0v) is 14.3. The van der Waals surface area contributed by atoms with Crippen LogP contribution in [0.1, 0.15) is 23.6 Å². The molecule has 0 saturated carbocycles. The second-order valence-electron chi connectivity index (χ2n) is 6.79. The van der Waals surface area contributed by atoms with Crippen molar-refractivity contribution in [1.29, 1.82) is 0 Å². The van der Waals surface area contributed by atoms with Gasteiger partial charge in [-0.15, -0.1) is 0 Å². The van der Waals surface area contributed by atoms with Gasteiger partial charge in [-0.05, 0) is 43.6 Å². The van der Waals surface area contributed by atoms with Crippen LogP contribution in [0, 0.1) is 0 Å². The molecule has 0 atom stereocenters. The molecule has 1 aliphatic rings. The molecule has 118 valence electrons. The van der Waals surface area contributed by atoms with Gasteiger partial charge in [-0.25, -0.2) is 0 Å². The Morgan fingerprint density at radius 1 is 1.04 bits per heavy atom. The van der Waals surface area contributed by atoms with Gasteiger partial charge in [-0.3, -0.25) is 0 Å². The van der Waals surface area contributed by atoms with E-state index in [-0.39, 0.29) is 0 Å². The number of para-hydroxylation sites is 1. The van der Waals surface area contributed by atoms with E-state index in [1.165, 1.54) is 38.9 Å². The van der Waals surface area contributed by atoms with E-state index in [2.05, 4.69) is 73.0 Å². The van der Waals surface area contributed by atoms with E-state index in [1.807, 2.05) is 0 Å². The smallest absolute Gasteiger partial charge is 0.0531 e. The van der Waals surface area contributed by atoms with Crippen LogP contribution in [-0.4, -0.2) is 30.1 Å². The maximum Gasteiger partial charge on any atom is 0.0531 e. The fourth-order valence-electron chi connectivity index (χ4n) is 3.96. The summed E-state index contributed by atoms with van der Waals surface area (Å²) in [5.41, 5.74) is 8.79. The number of aryl methyl sites for hydroxylation is 1. The van der Waals surface area contributed by atoms with Crippen LogP contribution in [0.5, 0.6) is 0 Å². The van der Waals surface area contributed by atoms with Crippen molar-refractivity contribution >= 4 is 10.9 Å². The molecule has 4 rings (SSSR count). The zero-order chi connectivity index (χ0) is 16.0. The van der Waals surface area contributed by atoms with Crippen molar-refractivity contribution in [3.63, 3.8) is 0 Å². The van der Waals surface area contributed by atoms with Gasteiger partial charge in [0.15, 0.2) is 0 Å². The average Bonchev–Trinajstić information content (AvgIpc) is 3.07. The minimum atomic E-state index is 1.01. The Hall–Kier alpha value is -2.06. The SMILES string of the molecule is CCc1cccc2c(CCN(C)C)c3n(c12)Cc1ccccc1-3. The molecule has 1 aliphatic heterocycles. The Bertz CT molecular complexity index is 871. The van der Waals surface area contributed by atoms with Crippen LogP contribution in [0.25, 0.3) is 22.2 Å². The van der Waals surface area contributed by atoms with E-state index in [0.717, 1.165) is 25.9 Å². The van der Waals surface area contributed by atoms with E-state index in [9.17, 15) is 0 Å². The van der Waals surface area contributed by atoms with Crippen molar-refractivity contribution in [3.05, 3.63) is 59.2 Å². The highest BCUT2D eigenvalue weighted by Crippen LogP contribution is 2.42. The Balaban J connectivity index is 2.00. The molecule has 0 radical (unpaired) electrons. The minimum absolute atomic E-state index is 1.01. The highest BCUT2D eigenvalue weighted by molar-refractivity contribution is 5.96. The second kappa shape index (κ2) is 5.54. The van der Waals surface area contributed by atoms with Gasteiger partial charge in [0, 0.05) is 24.0 Å². The van der Waals surface area contributed by atoms with Crippen molar-refractivity contribution in [3.8, 4) is 11.3 Å². The number of aromatic nitrogens is 1. The average molecular weight is 304 g/mol. The van der Waals surface area contributed by atoms with Crippen LogP contribution >= 0.6 is 0 Å². The molecule has 0 saturated heterocycles. The largest absolute Gasteiger partial charge is 0.335 e. The standard InChI is InChI=1S/C21H24N2/c1-4-15-9-7-11-18-19(12-13-22(2)3)21-17-10-6-5-8-16(17)14-23(21)20(15)18/h5-11H,4,12-14H2,1-3H3. The first-order valence-electron chi connectivity index (χ1n) is 8.56. The molecular formula is C21H24N2. The molecule has 0 bridgehead atoms. The van der Waals surface area contributed by atoms with Crippen molar-refractivity contribution in [2.24, 2.45) is 0 Å². The molecule has 23 heavy (non-hydrogen) atoms. The van der Waals surface area contributed by atoms with Crippen LogP contribution in [0.3, 0.4) is 0 Å². The summed E-state index contributed by atoms with van der Waals surface area (Å²) in [5, 5.41) is 1.45. The topological polar surface area (TPSA) is 8.17 Å². The van der Waals surface area contributed by atoms with Crippen LogP contribution in [0.15, 0.2) is 42.5 Å². The van der Waals surface area contributed by atoms with Crippen LogP contribution in [0.4, 0.5) is 0 Å². The van der Waals surface area contributed by atoms with Gasteiger partial charge < -0.3 is 9.47 Å². The minimum Gasteiger partial charge on any atom is -0.335 e. The molecule has 0 N–H and O–H groups in total. The lowest BCUT2D eigenvalue weighted by molar-refractivity contribution is 0.414. The molecular weight excluding hydrogens is 280 g/mol. The van der Waals surface area contributed by atoms with Crippen molar-refractivity contribution in [1.82, 2.24) is 9.47 Å². The molecule has 2 heteroatoms. The summed E-state index contributed by atoms with van der Waals surface area (Å²) < 4.78 is 2.56. The summed E-state index contributed by atoms with van der Waals surface area (Å²) in [6, 6.07) is 15.7. The highest BCUT2D eigenvalue weighted by atomic mass is 15.1. The number of nitrogens with zero attached hydrogens (tertiary/aromatic N) is 2. The van der Waals surface area contributed by atoms with Gasteiger partial charge in [0.25, 0.3) is 0 Å². The monoisotopic (exact) mass is 304 g/mol. The Morgan fingerprint density at radius 2 is 1.87 bits per heavy atom. The predicted molar refractivity (Wildman–Crippen MR) is 98.1 cm³/mol. The Kier molecular flexibility index (Phi) is 3.50. The summed E-state index contributed by atoms with van der Waals surface area (Å²) in [6.07, 6.45) is 2.19. The molecule has 2 nitrogen and oxygen atoms in total. The van der Waals surface area contributed by atoms with Crippen LogP contribution in [0.2, 0.25) is 0 Å². The second-order valence-corrected chi connectivity index (χ2v) is 6.79. The van der Waals surface area contributed by atoms with Crippen LogP contribution < -0.4 is 0 Å². The lowest BCUT2D eigenvalue weighted by Gasteiger charge is -2.10. The van der Waals surface area contributed by atoms with Crippen molar-refractivity contribution in [2.45, 2.75) is 26.3 Å². The first kappa shape index (κ1) is 14.5. The molecule has 0 spiro atoms. The molecule has 3 aromatic rings. The molecule has 2 aromatic carbocycles. The third-order valence-corrected chi connectivity index (χ3v) is 5.06. The lowest BCUT2D eigenvalue weighted by Crippen LogP contribution is -2.15. The maximum absolute atomic E-state index is 2.56.